The van der Waals surface area contributed by atoms with Gasteiger partial charge in [-0.2, -0.15) is 0 Å². The number of carboxylic acids is 2. The molecular weight excluding hydrogens is 245 g/mol. The summed E-state index contributed by atoms with van der Waals surface area (Å²) in [6, 6.07) is 0. The molecule has 0 aromatic rings. The summed E-state index contributed by atoms with van der Waals surface area (Å²) in [6.07, 6.45) is 0.516. The molecule has 2 fully saturated rings. The number of aliphatic carboxylic acids is 2. The highest BCUT2D eigenvalue weighted by Crippen LogP contribution is 2.67. The predicted octanol–water partition coefficient (Wildman–Crippen LogP) is -0.218. The van der Waals surface area contributed by atoms with Crippen LogP contribution in [-0.2, 0) is 14.3 Å². The number of halogens is 1. The molecule has 18 heavy (non-hydrogen) atoms. The standard InChI is InChI=1S/C11H14FNO5/c1-2-3-18-6-4-5-7(10(5,12)8(14)15)11(6,13)9(16)17/h2,5-7H,1,3-4,13H2,(H,14,15)(H,16,17)/t5?,6?,7?,10-,11+/m1/s1. The molecule has 6 nitrogen and oxygen atoms in total. The largest absolute Gasteiger partial charge is 0.480 e. The Hall–Kier alpha value is -1.47. The van der Waals surface area contributed by atoms with Gasteiger partial charge in [0.15, 0.2) is 0 Å². The first-order chi connectivity index (χ1) is 8.31. The van der Waals surface area contributed by atoms with Crippen LogP contribution in [0.3, 0.4) is 0 Å². The van der Waals surface area contributed by atoms with Gasteiger partial charge >= 0.3 is 11.9 Å². The van der Waals surface area contributed by atoms with Crippen molar-refractivity contribution in [2.75, 3.05) is 6.61 Å². The molecule has 4 N–H and O–H groups in total. The Labute approximate surface area is 102 Å². The third-order valence-electron chi connectivity index (χ3n) is 3.91. The van der Waals surface area contributed by atoms with E-state index < -0.39 is 41.1 Å². The van der Waals surface area contributed by atoms with E-state index in [1.807, 2.05) is 0 Å². The average Bonchev–Trinajstić information content (AvgIpc) is 2.76. The van der Waals surface area contributed by atoms with Crippen LogP contribution in [-0.4, -0.2) is 46.1 Å². The van der Waals surface area contributed by atoms with Gasteiger partial charge in [-0.15, -0.1) is 6.58 Å². The van der Waals surface area contributed by atoms with Gasteiger partial charge in [-0.25, -0.2) is 9.18 Å². The molecule has 2 rings (SSSR count). The van der Waals surface area contributed by atoms with E-state index in [0.29, 0.717) is 0 Å². The van der Waals surface area contributed by atoms with Crippen LogP contribution >= 0.6 is 0 Å². The molecule has 0 amide bonds. The second kappa shape index (κ2) is 3.76. The molecule has 5 atom stereocenters. The Kier molecular flexibility index (Phi) is 2.71. The number of carboxylic acid groups (broad SMARTS) is 2. The zero-order valence-corrected chi connectivity index (χ0v) is 9.51. The molecule has 0 bridgehead atoms. The molecule has 0 saturated heterocycles. The van der Waals surface area contributed by atoms with Gasteiger partial charge in [0, 0.05) is 11.8 Å². The second-order valence-corrected chi connectivity index (χ2v) is 4.74. The summed E-state index contributed by atoms with van der Waals surface area (Å²) in [5.41, 5.74) is 1.18. The van der Waals surface area contributed by atoms with Crippen molar-refractivity contribution in [3.63, 3.8) is 0 Å². The SMILES string of the molecule is C=CCOC1CC2C([C@]1(N)C(=O)O)[C@@]2(F)C(=O)O. The van der Waals surface area contributed by atoms with Crippen LogP contribution in [0.15, 0.2) is 12.7 Å². The molecule has 0 heterocycles. The predicted molar refractivity (Wildman–Crippen MR) is 57.6 cm³/mol. The minimum atomic E-state index is -2.54. The summed E-state index contributed by atoms with van der Waals surface area (Å²) in [7, 11) is 0. The van der Waals surface area contributed by atoms with Crippen molar-refractivity contribution in [3.8, 4) is 0 Å². The summed E-state index contributed by atoms with van der Waals surface area (Å²) in [5.74, 6) is -5.23. The highest BCUT2D eigenvalue weighted by Gasteiger charge is 2.85. The van der Waals surface area contributed by atoms with Crippen molar-refractivity contribution in [1.29, 1.82) is 0 Å². The van der Waals surface area contributed by atoms with Crippen LogP contribution in [0.1, 0.15) is 6.42 Å². The number of nitrogens with two attached hydrogens (primary N) is 1. The minimum absolute atomic E-state index is 0.00981. The van der Waals surface area contributed by atoms with Gasteiger partial charge in [-0.3, -0.25) is 4.79 Å². The Bertz CT molecular complexity index is 428. The molecule has 2 saturated carbocycles. The Balaban J connectivity index is 2.26. The molecule has 0 aromatic carbocycles. The van der Waals surface area contributed by atoms with Gasteiger partial charge in [0.1, 0.15) is 5.54 Å². The molecule has 2 aliphatic rings. The van der Waals surface area contributed by atoms with Crippen molar-refractivity contribution < 1.29 is 28.9 Å². The summed E-state index contributed by atoms with van der Waals surface area (Å²) in [4.78, 5) is 22.1. The van der Waals surface area contributed by atoms with Gasteiger partial charge < -0.3 is 20.7 Å². The smallest absolute Gasteiger partial charge is 0.342 e. The zero-order chi connectivity index (χ0) is 13.7. The van der Waals surface area contributed by atoms with Crippen LogP contribution in [0, 0.1) is 11.8 Å². The Morgan fingerprint density at radius 1 is 1.50 bits per heavy atom. The lowest BCUT2D eigenvalue weighted by molar-refractivity contribution is -0.155. The highest BCUT2D eigenvalue weighted by molar-refractivity contribution is 5.90. The summed E-state index contributed by atoms with van der Waals surface area (Å²) >= 11 is 0. The molecule has 3 unspecified atom stereocenters. The molecule has 0 aliphatic heterocycles. The van der Waals surface area contributed by atoms with Crippen LogP contribution in [0.2, 0.25) is 0 Å². The second-order valence-electron chi connectivity index (χ2n) is 4.74. The van der Waals surface area contributed by atoms with E-state index in [9.17, 15) is 14.0 Å². The van der Waals surface area contributed by atoms with E-state index >= 15 is 0 Å². The molecule has 0 aromatic heterocycles. The van der Waals surface area contributed by atoms with E-state index in [1.165, 1.54) is 6.08 Å². The van der Waals surface area contributed by atoms with Gasteiger partial charge in [-0.05, 0) is 6.42 Å². The van der Waals surface area contributed by atoms with Crippen molar-refractivity contribution in [2.24, 2.45) is 17.6 Å². The molecule has 2 aliphatic carbocycles. The fraction of sp³-hybridized carbons (Fsp3) is 0.636. The lowest BCUT2D eigenvalue weighted by Crippen LogP contribution is -2.60. The summed E-state index contributed by atoms with van der Waals surface area (Å²) in [5, 5.41) is 18.0. The average molecular weight is 259 g/mol. The first-order valence-electron chi connectivity index (χ1n) is 5.48. The maximum Gasteiger partial charge on any atom is 0.342 e. The summed E-state index contributed by atoms with van der Waals surface area (Å²) in [6.45, 7) is 3.51. The Morgan fingerprint density at radius 2 is 2.11 bits per heavy atom. The minimum Gasteiger partial charge on any atom is -0.480 e. The van der Waals surface area contributed by atoms with Crippen molar-refractivity contribution in [1.82, 2.24) is 0 Å². The first-order valence-corrected chi connectivity index (χ1v) is 5.48. The molecule has 0 spiro atoms. The fourth-order valence-electron chi connectivity index (χ4n) is 2.99. The number of fused-ring (bicyclic) bond motifs is 1. The zero-order valence-electron chi connectivity index (χ0n) is 9.51. The number of hydrogen-bond acceptors (Lipinski definition) is 4. The summed E-state index contributed by atoms with van der Waals surface area (Å²) < 4.78 is 19.3. The van der Waals surface area contributed by atoms with Crippen molar-refractivity contribution in [2.45, 2.75) is 23.7 Å². The van der Waals surface area contributed by atoms with E-state index in [2.05, 4.69) is 6.58 Å². The van der Waals surface area contributed by atoms with Gasteiger partial charge in [-0.1, -0.05) is 6.08 Å². The lowest BCUT2D eigenvalue weighted by atomic mass is 9.88. The quantitative estimate of drug-likeness (QED) is 0.589. The number of ether oxygens (including phenoxy) is 1. The number of hydrogen-bond donors (Lipinski definition) is 3. The lowest BCUT2D eigenvalue weighted by Gasteiger charge is -2.31. The van der Waals surface area contributed by atoms with E-state index in [-0.39, 0.29) is 13.0 Å². The highest BCUT2D eigenvalue weighted by atomic mass is 19.1. The maximum atomic E-state index is 14.1. The molecule has 7 heteroatoms. The molecule has 0 radical (unpaired) electrons. The van der Waals surface area contributed by atoms with E-state index in [0.717, 1.165) is 0 Å². The maximum absolute atomic E-state index is 14.1. The monoisotopic (exact) mass is 259 g/mol. The Morgan fingerprint density at radius 3 is 2.56 bits per heavy atom. The van der Waals surface area contributed by atoms with Crippen molar-refractivity contribution in [3.05, 3.63) is 12.7 Å². The third kappa shape index (κ3) is 1.34. The van der Waals surface area contributed by atoms with Crippen LogP contribution in [0.25, 0.3) is 0 Å². The number of alkyl halides is 1. The first kappa shape index (κ1) is 13.0. The van der Waals surface area contributed by atoms with Crippen LogP contribution in [0.5, 0.6) is 0 Å². The van der Waals surface area contributed by atoms with Gasteiger partial charge in [0.05, 0.1) is 12.7 Å². The van der Waals surface area contributed by atoms with Gasteiger partial charge in [0.25, 0.3) is 0 Å². The number of rotatable bonds is 5. The molecule has 100 valence electrons. The van der Waals surface area contributed by atoms with E-state index in [1.54, 1.807) is 0 Å². The van der Waals surface area contributed by atoms with Crippen LogP contribution in [0.4, 0.5) is 4.39 Å². The van der Waals surface area contributed by atoms with Gasteiger partial charge in [0.2, 0.25) is 5.67 Å². The van der Waals surface area contributed by atoms with Crippen LogP contribution < -0.4 is 5.73 Å². The fourth-order valence-corrected chi connectivity index (χ4v) is 2.99. The normalized spacial score (nSPS) is 45.3. The van der Waals surface area contributed by atoms with Crippen molar-refractivity contribution >= 4 is 11.9 Å². The third-order valence-corrected chi connectivity index (χ3v) is 3.91. The molecular formula is C11H14FNO5. The van der Waals surface area contributed by atoms with E-state index in [4.69, 9.17) is 20.7 Å². The number of carbonyl (C=O) groups is 2. The topological polar surface area (TPSA) is 110 Å².